The van der Waals surface area contributed by atoms with Gasteiger partial charge in [0.15, 0.2) is 23.0 Å². The summed E-state index contributed by atoms with van der Waals surface area (Å²) in [6, 6.07) is 36.3. The predicted molar refractivity (Wildman–Crippen MR) is 274 cm³/mol. The Bertz CT molecular complexity index is 2530. The van der Waals surface area contributed by atoms with Gasteiger partial charge in [-0.15, -0.1) is 20.4 Å². The highest BCUT2D eigenvalue weighted by Crippen LogP contribution is 2.34. The molecule has 4 unspecified atom stereocenters. The summed E-state index contributed by atoms with van der Waals surface area (Å²) in [4.78, 5) is 10.9. The summed E-state index contributed by atoms with van der Waals surface area (Å²) in [7, 11) is 1.60. The number of rotatable bonds is 23. The molecule has 0 radical (unpaired) electrons. The van der Waals surface area contributed by atoms with E-state index < -0.39 is 28.3 Å². The second-order valence-electron chi connectivity index (χ2n) is 12.4. The number of aldehydes is 1. The number of hydrogen-bond donors (Lipinski definition) is 0. The van der Waals surface area contributed by atoms with E-state index in [1.165, 1.54) is 0 Å². The van der Waals surface area contributed by atoms with E-state index in [-0.39, 0.29) is 0 Å². The average Bonchev–Trinajstić information content (AvgIpc) is 3.30. The molecule has 63 heavy (non-hydrogen) atoms. The van der Waals surface area contributed by atoms with Crippen LogP contribution in [-0.4, -0.2) is 78.5 Å². The van der Waals surface area contributed by atoms with Gasteiger partial charge in [0, 0.05) is 5.56 Å². The molecule has 0 aliphatic heterocycles. The van der Waals surface area contributed by atoms with Gasteiger partial charge in [-0.2, -0.15) is 0 Å². The Labute approximate surface area is 396 Å². The molecule has 0 saturated carbocycles. The van der Waals surface area contributed by atoms with Gasteiger partial charge in [-0.05, 0) is 155 Å². The number of hydrogen-bond acceptors (Lipinski definition) is 15. The number of carbonyl (C=O) groups excluding carboxylic acids is 1. The van der Waals surface area contributed by atoms with Crippen molar-refractivity contribution in [3.63, 3.8) is 0 Å². The zero-order chi connectivity index (χ0) is 45.1. The zero-order valence-corrected chi connectivity index (χ0v) is 42.3. The molecule has 14 nitrogen and oxygen atoms in total. The van der Waals surface area contributed by atoms with Crippen molar-refractivity contribution in [2.75, 3.05) is 28.2 Å². The van der Waals surface area contributed by atoms with Crippen molar-refractivity contribution in [3.8, 4) is 28.7 Å². The number of hydrazone groups is 4. The molecular formula is C39H37N8O6P5S5+4. The van der Waals surface area contributed by atoms with E-state index in [1.54, 1.807) is 96.4 Å². The molecule has 0 heterocycles. The van der Waals surface area contributed by atoms with Gasteiger partial charge in [0.2, 0.25) is 54.8 Å². The standard InChI is InChI=1S/C39H37N8O6P5S5/c1-44(40-25-30-5-15-35(16-6-30)49-54-59)55(60)50-36-17-7-31(8-18-36)26-41-45(2)56(61)51-37-19-9-32(10-20-37)27-42-46(3)57(62)52-38-21-11-33(12-22-38)28-43-47(4)58(63)53-39-23-13-34(29-48)14-24-39/h5-29H,1-4H3/q+4. The van der Waals surface area contributed by atoms with Gasteiger partial charge in [-0.1, -0.05) is 19.1 Å². The Morgan fingerprint density at radius 2 is 0.635 bits per heavy atom. The molecule has 0 amide bonds. The fraction of sp³-hybridized carbons (Fsp3) is 0.103. The fourth-order valence-corrected chi connectivity index (χ4v) is 8.71. The van der Waals surface area contributed by atoms with E-state index >= 15 is 0 Å². The van der Waals surface area contributed by atoms with Crippen molar-refractivity contribution in [2.45, 2.75) is 0 Å². The lowest BCUT2D eigenvalue weighted by atomic mass is 10.2. The van der Waals surface area contributed by atoms with Crippen molar-refractivity contribution < 1.29 is 27.4 Å². The van der Waals surface area contributed by atoms with Crippen molar-refractivity contribution in [3.05, 3.63) is 149 Å². The number of carbonyl (C=O) groups is 1. The smallest absolute Gasteiger partial charge is 0.429 e. The van der Waals surface area contributed by atoms with Crippen molar-refractivity contribution in [2.24, 2.45) is 20.4 Å². The first-order valence-electron chi connectivity index (χ1n) is 18.1. The maximum Gasteiger partial charge on any atom is 0.540 e. The van der Waals surface area contributed by atoms with E-state index in [0.717, 1.165) is 28.5 Å². The summed E-state index contributed by atoms with van der Waals surface area (Å²) in [6.45, 7) is 0. The minimum absolute atomic E-state index is 0.425. The van der Waals surface area contributed by atoms with Gasteiger partial charge in [0.1, 0.15) is 12.0 Å². The van der Waals surface area contributed by atoms with Crippen LogP contribution in [0.4, 0.5) is 0 Å². The van der Waals surface area contributed by atoms with Crippen LogP contribution < -0.4 is 22.6 Å². The van der Waals surface area contributed by atoms with Gasteiger partial charge in [-0.3, -0.25) is 22.9 Å². The first-order chi connectivity index (χ1) is 30.4. The lowest BCUT2D eigenvalue weighted by Gasteiger charge is -2.04. The lowest BCUT2D eigenvalue weighted by Crippen LogP contribution is -2.04. The maximum absolute atomic E-state index is 10.9. The number of nitrogens with zero attached hydrogens (tertiary/aromatic N) is 8. The van der Waals surface area contributed by atoms with Crippen molar-refractivity contribution >= 4 is 126 Å². The third kappa shape index (κ3) is 16.7. The van der Waals surface area contributed by atoms with Crippen LogP contribution in [0.5, 0.6) is 28.7 Å². The molecule has 0 aliphatic rings. The third-order valence-electron chi connectivity index (χ3n) is 7.85. The molecule has 24 heteroatoms. The molecule has 0 fully saturated rings. The Balaban J connectivity index is 1.02. The van der Waals surface area contributed by atoms with Crippen LogP contribution in [0.15, 0.2) is 142 Å². The third-order valence-corrected chi connectivity index (χ3v) is 15.9. The Hall–Kier alpha value is -4.75. The van der Waals surface area contributed by atoms with E-state index in [4.69, 9.17) is 81.7 Å². The molecule has 0 N–H and O–H groups in total. The average molecular weight is 1030 g/mol. The molecule has 4 atom stereocenters. The highest BCUT2D eigenvalue weighted by Gasteiger charge is 2.23. The largest absolute Gasteiger partial charge is 0.540 e. The molecular weight excluding hydrogens is 992 g/mol. The van der Waals surface area contributed by atoms with E-state index in [2.05, 4.69) is 20.4 Å². The zero-order valence-electron chi connectivity index (χ0n) is 33.7. The van der Waals surface area contributed by atoms with Crippen molar-refractivity contribution in [1.29, 1.82) is 0 Å². The van der Waals surface area contributed by atoms with Gasteiger partial charge in [0.05, 0.1) is 53.0 Å². The summed E-state index contributed by atoms with van der Waals surface area (Å²) in [5, 5.41) is 17.8. The second-order valence-corrected chi connectivity index (χ2v) is 21.9. The van der Waals surface area contributed by atoms with Gasteiger partial charge in [0.25, 0.3) is 0 Å². The first kappa shape index (κ1) is 49.3. The Morgan fingerprint density at radius 3 is 0.857 bits per heavy atom. The SMILES string of the molecule is CN(N=Cc1ccc(O[P+](=S)N(C)N=Cc2ccc(O[P+](=S)N(C)N=Cc3ccc(O[P+](=S)N(C)N=Cc4ccc(OP=S)cc4)cc3)cc2)cc1)[P+](=S)Oc1ccc(C=O)cc1. The van der Waals surface area contributed by atoms with E-state index in [9.17, 15) is 4.79 Å². The molecule has 0 saturated heterocycles. The van der Waals surface area contributed by atoms with E-state index in [1.807, 2.05) is 97.1 Å². The first-order valence-corrected chi connectivity index (χ1v) is 28.8. The molecule has 5 aromatic rings. The highest BCUT2D eigenvalue weighted by molar-refractivity contribution is 8.02. The summed E-state index contributed by atoms with van der Waals surface area (Å²) in [6.07, 6.45) is 7.54. The van der Waals surface area contributed by atoms with Crippen LogP contribution in [0.2, 0.25) is 0 Å². The predicted octanol–water partition coefficient (Wildman–Crippen LogP) is 10.7. The van der Waals surface area contributed by atoms with Crippen LogP contribution in [0.3, 0.4) is 0 Å². The van der Waals surface area contributed by atoms with Crippen LogP contribution in [-0.2, 0) is 59.0 Å². The van der Waals surface area contributed by atoms with Gasteiger partial charge < -0.3 is 4.52 Å². The van der Waals surface area contributed by atoms with Crippen molar-refractivity contribution in [1.82, 2.24) is 19.1 Å². The minimum atomic E-state index is -1.49. The van der Waals surface area contributed by atoms with Crippen LogP contribution in [0.25, 0.3) is 0 Å². The monoisotopic (exact) mass is 1030 g/mol. The quantitative estimate of drug-likeness (QED) is 0.0266. The normalized spacial score (nSPS) is 12.3. The number of benzene rings is 5. The molecule has 0 bridgehead atoms. The Morgan fingerprint density at radius 1 is 0.413 bits per heavy atom. The lowest BCUT2D eigenvalue weighted by molar-refractivity contribution is 0.112. The molecule has 320 valence electrons. The van der Waals surface area contributed by atoms with Gasteiger partial charge in [-0.25, -0.2) is 0 Å². The molecule has 0 spiro atoms. The minimum Gasteiger partial charge on any atom is -0.429 e. The fourth-order valence-electron chi connectivity index (χ4n) is 4.48. The summed E-state index contributed by atoms with van der Waals surface area (Å²) in [5.41, 5.74) is 3.96. The van der Waals surface area contributed by atoms with Crippen LogP contribution >= 0.6 is 35.9 Å². The second kappa shape index (κ2) is 25.5. The van der Waals surface area contributed by atoms with Crippen LogP contribution in [0.1, 0.15) is 32.6 Å². The molecule has 0 aliphatic carbocycles. The Kier molecular flexibility index (Phi) is 20.0. The highest BCUT2D eigenvalue weighted by atomic mass is 32.4. The van der Waals surface area contributed by atoms with E-state index in [0.29, 0.717) is 41.9 Å². The summed E-state index contributed by atoms with van der Waals surface area (Å²) in [5.74, 6) is 3.09. The van der Waals surface area contributed by atoms with Gasteiger partial charge >= 0.3 is 28.3 Å². The molecule has 5 rings (SSSR count). The maximum atomic E-state index is 10.9. The topological polar surface area (TPSA) is 126 Å². The molecule has 0 aromatic heterocycles. The molecule has 5 aromatic carbocycles. The van der Waals surface area contributed by atoms with Crippen LogP contribution in [0, 0.1) is 0 Å². The summed E-state index contributed by atoms with van der Waals surface area (Å²) >= 11 is 27.0. The summed E-state index contributed by atoms with van der Waals surface area (Å²) < 4.78 is 35.3.